The van der Waals surface area contributed by atoms with Crippen molar-refractivity contribution in [3.63, 3.8) is 0 Å². The molecular formula is C18H15N3O4S. The number of rotatable bonds is 5. The lowest BCUT2D eigenvalue weighted by atomic mass is 10.2. The van der Waals surface area contributed by atoms with Crippen LogP contribution in [0.4, 0.5) is 11.4 Å². The highest BCUT2D eigenvalue weighted by Gasteiger charge is 2.14. The van der Waals surface area contributed by atoms with Crippen LogP contribution in [0.25, 0.3) is 0 Å². The van der Waals surface area contributed by atoms with E-state index in [1.165, 1.54) is 30.5 Å². The summed E-state index contributed by atoms with van der Waals surface area (Å²) in [5, 5.41) is 2.57. The molecule has 0 saturated heterocycles. The maximum atomic E-state index is 12.4. The van der Waals surface area contributed by atoms with Gasteiger partial charge in [-0.05, 0) is 42.5 Å². The standard InChI is InChI=1S/C18H15N3O4S/c22-17-16(10-5-11-19-17)18(23)20-13-6-4-7-14(12-13)21-26(24,25)15-8-2-1-3-9-15/h1-12,21H,(H,19,22)(H,20,23). The van der Waals surface area contributed by atoms with Crippen molar-refractivity contribution in [1.82, 2.24) is 4.98 Å². The summed E-state index contributed by atoms with van der Waals surface area (Å²) in [5.41, 5.74) is 0.0915. The van der Waals surface area contributed by atoms with Crippen LogP contribution < -0.4 is 15.6 Å². The Hall–Kier alpha value is -3.39. The Labute approximate surface area is 149 Å². The molecule has 2 aromatic carbocycles. The van der Waals surface area contributed by atoms with Crippen molar-refractivity contribution in [1.29, 1.82) is 0 Å². The summed E-state index contributed by atoms with van der Waals surface area (Å²) in [6.07, 6.45) is 1.43. The average Bonchev–Trinajstić information content (AvgIpc) is 2.63. The van der Waals surface area contributed by atoms with E-state index in [0.29, 0.717) is 5.69 Å². The number of anilines is 2. The molecule has 0 spiro atoms. The van der Waals surface area contributed by atoms with Gasteiger partial charge in [0.05, 0.1) is 10.6 Å². The topological polar surface area (TPSA) is 108 Å². The molecule has 3 aromatic rings. The Balaban J connectivity index is 1.80. The number of hydrogen-bond donors (Lipinski definition) is 3. The molecule has 0 saturated carbocycles. The van der Waals surface area contributed by atoms with Crippen molar-refractivity contribution in [3.8, 4) is 0 Å². The molecule has 0 radical (unpaired) electrons. The fourth-order valence-corrected chi connectivity index (χ4v) is 3.34. The largest absolute Gasteiger partial charge is 0.328 e. The first-order valence-electron chi connectivity index (χ1n) is 7.63. The number of hydrogen-bond acceptors (Lipinski definition) is 4. The van der Waals surface area contributed by atoms with Crippen LogP contribution in [-0.4, -0.2) is 19.3 Å². The maximum Gasteiger partial charge on any atom is 0.261 e. The van der Waals surface area contributed by atoms with E-state index >= 15 is 0 Å². The molecule has 0 fully saturated rings. The Morgan fingerprint density at radius 1 is 0.885 bits per heavy atom. The maximum absolute atomic E-state index is 12.4. The number of carbonyl (C=O) groups excluding carboxylic acids is 1. The fraction of sp³-hybridized carbons (Fsp3) is 0. The summed E-state index contributed by atoms with van der Waals surface area (Å²) in [5.74, 6) is -0.588. The molecule has 0 aliphatic rings. The normalized spacial score (nSPS) is 10.9. The summed E-state index contributed by atoms with van der Waals surface area (Å²) < 4.78 is 27.2. The van der Waals surface area contributed by atoms with Gasteiger partial charge < -0.3 is 10.3 Å². The summed E-state index contributed by atoms with van der Waals surface area (Å²) in [6.45, 7) is 0. The number of aromatic amines is 1. The average molecular weight is 369 g/mol. The molecule has 1 heterocycles. The minimum atomic E-state index is -3.74. The van der Waals surface area contributed by atoms with Gasteiger partial charge in [0.25, 0.3) is 21.5 Å². The molecule has 7 nitrogen and oxygen atoms in total. The molecule has 0 aliphatic carbocycles. The molecule has 1 aromatic heterocycles. The van der Waals surface area contributed by atoms with E-state index in [2.05, 4.69) is 15.0 Å². The van der Waals surface area contributed by atoms with E-state index in [-0.39, 0.29) is 16.1 Å². The Bertz CT molecular complexity index is 1090. The summed E-state index contributed by atoms with van der Waals surface area (Å²) >= 11 is 0. The predicted octanol–water partition coefficient (Wildman–Crippen LogP) is 2.43. The van der Waals surface area contributed by atoms with Crippen LogP contribution in [-0.2, 0) is 10.0 Å². The Morgan fingerprint density at radius 3 is 2.35 bits per heavy atom. The van der Waals surface area contributed by atoms with E-state index in [4.69, 9.17) is 0 Å². The van der Waals surface area contributed by atoms with Gasteiger partial charge in [-0.25, -0.2) is 8.42 Å². The zero-order chi connectivity index (χ0) is 18.6. The number of nitrogens with one attached hydrogen (secondary N) is 3. The third-order valence-electron chi connectivity index (χ3n) is 3.49. The fourth-order valence-electron chi connectivity index (χ4n) is 2.27. The van der Waals surface area contributed by atoms with E-state index in [0.717, 1.165) is 0 Å². The number of sulfonamides is 1. The van der Waals surface area contributed by atoms with Crippen LogP contribution in [0, 0.1) is 0 Å². The van der Waals surface area contributed by atoms with Crippen LogP contribution >= 0.6 is 0 Å². The van der Waals surface area contributed by atoms with Crippen LogP contribution in [0.1, 0.15) is 10.4 Å². The molecule has 1 amide bonds. The molecule has 132 valence electrons. The van der Waals surface area contributed by atoms with E-state index in [9.17, 15) is 18.0 Å². The molecule has 3 rings (SSSR count). The van der Waals surface area contributed by atoms with Gasteiger partial charge in [-0.1, -0.05) is 24.3 Å². The monoisotopic (exact) mass is 369 g/mol. The molecule has 0 aliphatic heterocycles. The third-order valence-corrected chi connectivity index (χ3v) is 4.89. The molecule has 0 bridgehead atoms. The number of benzene rings is 2. The second-order valence-electron chi connectivity index (χ2n) is 5.37. The first kappa shape index (κ1) is 17.4. The van der Waals surface area contributed by atoms with Crippen molar-refractivity contribution in [3.05, 3.63) is 88.8 Å². The van der Waals surface area contributed by atoms with Gasteiger partial charge >= 0.3 is 0 Å². The Kier molecular flexibility index (Phi) is 4.85. The number of carbonyl (C=O) groups is 1. The first-order chi connectivity index (χ1) is 12.5. The number of amides is 1. The van der Waals surface area contributed by atoms with Gasteiger partial charge in [-0.2, -0.15) is 0 Å². The number of aromatic nitrogens is 1. The molecular weight excluding hydrogens is 354 g/mol. The molecule has 8 heteroatoms. The number of H-pyrrole nitrogens is 1. The van der Waals surface area contributed by atoms with E-state index in [1.807, 2.05) is 0 Å². The third kappa shape index (κ3) is 3.98. The van der Waals surface area contributed by atoms with Gasteiger partial charge in [0.15, 0.2) is 0 Å². The second-order valence-corrected chi connectivity index (χ2v) is 7.05. The second kappa shape index (κ2) is 7.24. The summed E-state index contributed by atoms with van der Waals surface area (Å²) in [4.78, 5) is 26.4. The minimum absolute atomic E-state index is 0.0391. The van der Waals surface area contributed by atoms with Gasteiger partial charge in [0, 0.05) is 11.9 Å². The van der Waals surface area contributed by atoms with E-state index < -0.39 is 21.5 Å². The summed E-state index contributed by atoms with van der Waals surface area (Å²) in [7, 11) is -3.74. The highest BCUT2D eigenvalue weighted by atomic mass is 32.2. The van der Waals surface area contributed by atoms with Gasteiger partial charge in [0.2, 0.25) is 0 Å². The lowest BCUT2D eigenvalue weighted by Gasteiger charge is -2.10. The highest BCUT2D eigenvalue weighted by Crippen LogP contribution is 2.19. The molecule has 0 unspecified atom stereocenters. The van der Waals surface area contributed by atoms with E-state index in [1.54, 1.807) is 42.5 Å². The van der Waals surface area contributed by atoms with Crippen molar-refractivity contribution in [2.45, 2.75) is 4.90 Å². The van der Waals surface area contributed by atoms with Gasteiger partial charge in [-0.3, -0.25) is 14.3 Å². The van der Waals surface area contributed by atoms with Crippen molar-refractivity contribution < 1.29 is 13.2 Å². The Morgan fingerprint density at radius 2 is 1.62 bits per heavy atom. The van der Waals surface area contributed by atoms with Crippen molar-refractivity contribution in [2.75, 3.05) is 10.0 Å². The zero-order valence-electron chi connectivity index (χ0n) is 13.5. The molecule has 3 N–H and O–H groups in total. The zero-order valence-corrected chi connectivity index (χ0v) is 14.3. The SMILES string of the molecule is O=C(Nc1cccc(NS(=O)(=O)c2ccccc2)c1)c1ccc[nH]c1=O. The summed E-state index contributed by atoms with van der Waals surface area (Å²) in [6, 6.07) is 17.1. The van der Waals surface area contributed by atoms with Crippen LogP contribution in [0.15, 0.2) is 82.6 Å². The highest BCUT2D eigenvalue weighted by molar-refractivity contribution is 7.92. The van der Waals surface area contributed by atoms with Gasteiger partial charge in [-0.15, -0.1) is 0 Å². The smallest absolute Gasteiger partial charge is 0.261 e. The minimum Gasteiger partial charge on any atom is -0.328 e. The van der Waals surface area contributed by atoms with Crippen LogP contribution in [0.3, 0.4) is 0 Å². The van der Waals surface area contributed by atoms with Crippen molar-refractivity contribution in [2.24, 2.45) is 0 Å². The predicted molar refractivity (Wildman–Crippen MR) is 98.7 cm³/mol. The van der Waals surface area contributed by atoms with Crippen LogP contribution in [0.2, 0.25) is 0 Å². The first-order valence-corrected chi connectivity index (χ1v) is 9.11. The number of pyridine rings is 1. The van der Waals surface area contributed by atoms with Crippen molar-refractivity contribution >= 4 is 27.3 Å². The molecule has 0 atom stereocenters. The van der Waals surface area contributed by atoms with Crippen LogP contribution in [0.5, 0.6) is 0 Å². The van der Waals surface area contributed by atoms with Gasteiger partial charge in [0.1, 0.15) is 5.56 Å². The molecule has 26 heavy (non-hydrogen) atoms. The lowest BCUT2D eigenvalue weighted by molar-refractivity contribution is 0.102. The quantitative estimate of drug-likeness (QED) is 0.642. The lowest BCUT2D eigenvalue weighted by Crippen LogP contribution is -2.22.